The lowest BCUT2D eigenvalue weighted by Gasteiger charge is -2.03. The fourth-order valence-electron chi connectivity index (χ4n) is 1.68. The van der Waals surface area contributed by atoms with Crippen LogP contribution in [0.5, 0.6) is 5.75 Å². The second-order valence-corrected chi connectivity index (χ2v) is 5.06. The molecule has 0 atom stereocenters. The fraction of sp³-hybridized carbons (Fsp3) is 0.143. The van der Waals surface area contributed by atoms with Crippen LogP contribution in [0.15, 0.2) is 46.2 Å². The second-order valence-electron chi connectivity index (χ2n) is 4.12. The normalized spacial score (nSPS) is 10.7. The molecule has 3 rings (SSSR count). The van der Waals surface area contributed by atoms with Crippen LogP contribution in [-0.4, -0.2) is 10.2 Å². The molecule has 0 spiro atoms. The molecular weight excluding hydrogens is 274 g/mol. The van der Waals surface area contributed by atoms with Crippen LogP contribution in [0.3, 0.4) is 0 Å². The van der Waals surface area contributed by atoms with E-state index >= 15 is 0 Å². The van der Waals surface area contributed by atoms with Gasteiger partial charge in [-0.3, -0.25) is 0 Å². The molecule has 0 saturated heterocycles. The summed E-state index contributed by atoms with van der Waals surface area (Å²) >= 11 is 1.56. The first-order valence-electron chi connectivity index (χ1n) is 6.13. The predicted octanol–water partition coefficient (Wildman–Crippen LogP) is 2.84. The number of nitrogens with two attached hydrogens (primary N) is 1. The van der Waals surface area contributed by atoms with Crippen LogP contribution in [0.4, 0.5) is 0 Å². The Morgan fingerprint density at radius 1 is 1.15 bits per heavy atom. The lowest BCUT2D eigenvalue weighted by molar-refractivity contribution is 0.264. The molecule has 0 amide bonds. The summed E-state index contributed by atoms with van der Waals surface area (Å²) in [6.45, 7) is 0.772. The highest BCUT2D eigenvalue weighted by Gasteiger charge is 2.09. The van der Waals surface area contributed by atoms with Gasteiger partial charge in [0.25, 0.3) is 11.8 Å². The average molecular weight is 287 g/mol. The Morgan fingerprint density at radius 2 is 2.00 bits per heavy atom. The number of benzene rings is 1. The molecule has 1 aromatic carbocycles. The summed E-state index contributed by atoms with van der Waals surface area (Å²) in [6.07, 6.45) is 0. The molecule has 2 heterocycles. The fourth-order valence-corrected chi connectivity index (χ4v) is 2.32. The Morgan fingerprint density at radius 3 is 2.70 bits per heavy atom. The highest BCUT2D eigenvalue weighted by Crippen LogP contribution is 2.23. The van der Waals surface area contributed by atoms with Crippen molar-refractivity contribution < 1.29 is 9.15 Å². The van der Waals surface area contributed by atoms with Crippen LogP contribution in [0, 0.1) is 0 Å². The van der Waals surface area contributed by atoms with Crippen molar-refractivity contribution in [3.63, 3.8) is 0 Å². The first-order valence-corrected chi connectivity index (χ1v) is 7.01. The van der Waals surface area contributed by atoms with Gasteiger partial charge in [-0.15, -0.1) is 21.5 Å². The number of nitrogens with zero attached hydrogens (tertiary/aromatic N) is 2. The van der Waals surface area contributed by atoms with E-state index in [0.29, 0.717) is 18.3 Å². The summed E-state index contributed by atoms with van der Waals surface area (Å²) in [7, 11) is 0. The number of rotatable bonds is 5. The number of ether oxygens (including phenoxy) is 1. The Labute approximate surface area is 120 Å². The van der Waals surface area contributed by atoms with Gasteiger partial charge in [-0.1, -0.05) is 18.2 Å². The average Bonchev–Trinajstić information content (AvgIpc) is 3.16. The molecule has 0 aliphatic heterocycles. The molecule has 0 saturated carbocycles. The lowest BCUT2D eigenvalue weighted by Crippen LogP contribution is -1.98. The molecule has 20 heavy (non-hydrogen) atoms. The van der Waals surface area contributed by atoms with E-state index in [1.807, 2.05) is 41.8 Å². The Bertz CT molecular complexity index is 662. The van der Waals surface area contributed by atoms with Crippen molar-refractivity contribution in [1.82, 2.24) is 10.2 Å². The maximum Gasteiger partial charge on any atom is 0.257 e. The van der Waals surface area contributed by atoms with Crippen molar-refractivity contribution in [2.75, 3.05) is 0 Å². The minimum atomic E-state index is 0.250. The van der Waals surface area contributed by atoms with Crippen LogP contribution in [-0.2, 0) is 13.2 Å². The van der Waals surface area contributed by atoms with E-state index in [2.05, 4.69) is 10.2 Å². The monoisotopic (exact) mass is 287 g/mol. The van der Waals surface area contributed by atoms with Gasteiger partial charge in [0.15, 0.2) is 6.61 Å². The van der Waals surface area contributed by atoms with E-state index in [4.69, 9.17) is 14.9 Å². The van der Waals surface area contributed by atoms with E-state index in [1.165, 1.54) is 0 Å². The number of aromatic nitrogens is 2. The zero-order valence-electron chi connectivity index (χ0n) is 10.7. The summed E-state index contributed by atoms with van der Waals surface area (Å²) in [5, 5.41) is 9.93. The zero-order chi connectivity index (χ0) is 13.8. The molecule has 0 aliphatic carbocycles. The third kappa shape index (κ3) is 2.87. The van der Waals surface area contributed by atoms with Gasteiger partial charge in [0.1, 0.15) is 5.75 Å². The number of hydrogen-bond acceptors (Lipinski definition) is 6. The third-order valence-electron chi connectivity index (χ3n) is 2.72. The van der Waals surface area contributed by atoms with Gasteiger partial charge >= 0.3 is 0 Å². The predicted molar refractivity (Wildman–Crippen MR) is 76.3 cm³/mol. The Kier molecular flexibility index (Phi) is 3.76. The van der Waals surface area contributed by atoms with Gasteiger partial charge in [-0.25, -0.2) is 0 Å². The Balaban J connectivity index is 1.63. The first-order chi connectivity index (χ1) is 9.85. The summed E-state index contributed by atoms with van der Waals surface area (Å²) in [6, 6.07) is 11.5. The summed E-state index contributed by atoms with van der Waals surface area (Å²) in [5.41, 5.74) is 6.61. The second kappa shape index (κ2) is 5.85. The van der Waals surface area contributed by atoms with Crippen LogP contribution in [0.2, 0.25) is 0 Å². The van der Waals surface area contributed by atoms with Gasteiger partial charge in [0.2, 0.25) is 0 Å². The van der Waals surface area contributed by atoms with Gasteiger partial charge in [0, 0.05) is 6.54 Å². The van der Waals surface area contributed by atoms with E-state index in [-0.39, 0.29) is 6.61 Å². The molecule has 2 N–H and O–H groups in total. The first kappa shape index (κ1) is 12.8. The van der Waals surface area contributed by atoms with Gasteiger partial charge < -0.3 is 14.9 Å². The van der Waals surface area contributed by atoms with Gasteiger partial charge in [-0.2, -0.15) is 0 Å². The van der Waals surface area contributed by atoms with E-state index in [1.54, 1.807) is 11.3 Å². The smallest absolute Gasteiger partial charge is 0.257 e. The summed E-state index contributed by atoms with van der Waals surface area (Å²) in [5.74, 6) is 1.73. The molecule has 2 aromatic heterocycles. The summed E-state index contributed by atoms with van der Waals surface area (Å²) in [4.78, 5) is 0.955. The molecule has 5 nitrogen and oxygen atoms in total. The van der Waals surface area contributed by atoms with Gasteiger partial charge in [0.05, 0.1) is 4.88 Å². The topological polar surface area (TPSA) is 74.2 Å². The van der Waals surface area contributed by atoms with Crippen molar-refractivity contribution >= 4 is 11.3 Å². The maximum atomic E-state index is 5.59. The Hall–Kier alpha value is -2.18. The van der Waals surface area contributed by atoms with Crippen molar-refractivity contribution in [1.29, 1.82) is 0 Å². The van der Waals surface area contributed by atoms with Crippen molar-refractivity contribution in [3.05, 3.63) is 53.2 Å². The number of hydrogen-bond donors (Lipinski definition) is 1. The minimum Gasteiger partial charge on any atom is -0.484 e. The quantitative estimate of drug-likeness (QED) is 0.781. The van der Waals surface area contributed by atoms with Crippen molar-refractivity contribution in [3.8, 4) is 16.5 Å². The van der Waals surface area contributed by atoms with E-state index in [0.717, 1.165) is 16.2 Å². The van der Waals surface area contributed by atoms with Crippen LogP contribution >= 0.6 is 11.3 Å². The molecular formula is C14H13N3O2S. The SMILES string of the molecule is NCc1ccc(OCc2nnc(-c3cccs3)o2)cc1. The highest BCUT2D eigenvalue weighted by atomic mass is 32.1. The number of thiophene rings is 1. The standard InChI is InChI=1S/C14H13N3O2S/c15-8-10-3-5-11(6-4-10)18-9-13-16-17-14(19-13)12-2-1-7-20-12/h1-7H,8-9,15H2. The zero-order valence-corrected chi connectivity index (χ0v) is 11.5. The molecule has 3 aromatic rings. The maximum absolute atomic E-state index is 5.59. The largest absolute Gasteiger partial charge is 0.484 e. The lowest BCUT2D eigenvalue weighted by atomic mass is 10.2. The molecule has 0 aliphatic rings. The molecule has 0 unspecified atom stereocenters. The van der Waals surface area contributed by atoms with Crippen molar-refractivity contribution in [2.24, 2.45) is 5.73 Å². The highest BCUT2D eigenvalue weighted by molar-refractivity contribution is 7.13. The third-order valence-corrected chi connectivity index (χ3v) is 3.58. The van der Waals surface area contributed by atoms with Gasteiger partial charge in [-0.05, 0) is 29.1 Å². The summed E-state index contributed by atoms with van der Waals surface area (Å²) < 4.78 is 11.1. The van der Waals surface area contributed by atoms with Crippen LogP contribution < -0.4 is 10.5 Å². The molecule has 102 valence electrons. The van der Waals surface area contributed by atoms with Crippen LogP contribution in [0.25, 0.3) is 10.8 Å². The molecule has 0 bridgehead atoms. The minimum absolute atomic E-state index is 0.250. The molecule has 0 radical (unpaired) electrons. The van der Waals surface area contributed by atoms with Crippen LogP contribution in [0.1, 0.15) is 11.5 Å². The van der Waals surface area contributed by atoms with E-state index in [9.17, 15) is 0 Å². The molecule has 6 heteroatoms. The van der Waals surface area contributed by atoms with E-state index < -0.39 is 0 Å². The van der Waals surface area contributed by atoms with Crippen molar-refractivity contribution in [2.45, 2.75) is 13.2 Å². The molecule has 0 fully saturated rings.